The van der Waals surface area contributed by atoms with Crippen molar-refractivity contribution in [2.75, 3.05) is 28.4 Å². The molecular weight excluding hydrogens is 712 g/mol. The van der Waals surface area contributed by atoms with Crippen molar-refractivity contribution in [3.05, 3.63) is 86.0 Å². The van der Waals surface area contributed by atoms with E-state index < -0.39 is 107 Å². The Balaban J connectivity index is 0.000000177. The molecule has 0 radical (unpaired) electrons. The smallest absolute Gasteiger partial charge is 0.346 e. The molecule has 0 atom stereocenters. The molecule has 52 heavy (non-hydrogen) atoms. The molecule has 274 valence electrons. The van der Waals surface area contributed by atoms with Crippen LogP contribution in [-0.4, -0.2) is 76.3 Å². The molecule has 0 bridgehead atoms. The lowest BCUT2D eigenvalue weighted by atomic mass is 10.0. The number of carbonyl (C=O) groups is 3. The largest absolute Gasteiger partial charge is 0.499 e. The zero-order chi connectivity index (χ0) is 38.8. The van der Waals surface area contributed by atoms with E-state index in [-0.39, 0.29) is 11.5 Å². The number of fused-ring (bicyclic) bond motifs is 3. The highest BCUT2D eigenvalue weighted by Gasteiger charge is 2.46. The number of hydrogen-bond acceptors (Lipinski definition) is 20. The maximum Gasteiger partial charge on any atom is 0.346 e. The minimum Gasteiger partial charge on any atom is -0.499 e. The number of aromatic hydroxyl groups is 2. The Kier molecular flexibility index (Phi) is 10.4. The Morgan fingerprint density at radius 1 is 0.558 bits per heavy atom. The number of nitro groups is 4. The highest BCUT2D eigenvalue weighted by molar-refractivity contribution is 6.02. The van der Waals surface area contributed by atoms with Crippen molar-refractivity contribution in [1.82, 2.24) is 0 Å². The molecule has 2 N–H and O–H groups in total. The van der Waals surface area contributed by atoms with Crippen LogP contribution < -0.4 is 18.9 Å². The van der Waals surface area contributed by atoms with E-state index in [4.69, 9.17) is 23.7 Å². The molecule has 0 spiro atoms. The summed E-state index contributed by atoms with van der Waals surface area (Å²) in [7, 11) is 5.28. The SMILES string of the molecule is COc1c(OC)c([N+](=O)[O-])c2c(c1[N+](=O)[O-])COC2=O.COc1cc2c(cc1OC)C(=O)OC2.O=C1OCc2c1c([N+](=O)[O-])c(O)c(O)c2[N+](=O)[O-]. The van der Waals surface area contributed by atoms with Crippen molar-refractivity contribution < 1.29 is 77.4 Å². The summed E-state index contributed by atoms with van der Waals surface area (Å²) >= 11 is 0. The third-order valence-corrected chi connectivity index (χ3v) is 7.39. The Morgan fingerprint density at radius 2 is 0.962 bits per heavy atom. The molecule has 24 heteroatoms. The summed E-state index contributed by atoms with van der Waals surface area (Å²) in [5.74, 6) is -4.79. The molecule has 0 saturated heterocycles. The van der Waals surface area contributed by atoms with Crippen molar-refractivity contribution in [1.29, 1.82) is 0 Å². The third-order valence-electron chi connectivity index (χ3n) is 7.39. The zero-order valence-electron chi connectivity index (χ0n) is 26.8. The van der Waals surface area contributed by atoms with Crippen molar-refractivity contribution in [3.63, 3.8) is 0 Å². The van der Waals surface area contributed by atoms with Gasteiger partial charge in [0, 0.05) is 5.56 Å². The average molecular weight is 734 g/mol. The monoisotopic (exact) mass is 734 g/mol. The van der Waals surface area contributed by atoms with Gasteiger partial charge in [-0.25, -0.2) is 14.4 Å². The highest BCUT2D eigenvalue weighted by atomic mass is 16.6. The topological polar surface area (TPSA) is 329 Å². The predicted octanol–water partition coefficient (Wildman–Crippen LogP) is 3.15. The quantitative estimate of drug-likeness (QED) is 0.110. The Morgan fingerprint density at radius 3 is 1.42 bits per heavy atom. The lowest BCUT2D eigenvalue weighted by Gasteiger charge is -2.10. The number of nitrogens with zero attached hydrogens (tertiary/aromatic N) is 4. The molecule has 0 fully saturated rings. The van der Waals surface area contributed by atoms with Crippen LogP contribution in [0.2, 0.25) is 0 Å². The van der Waals surface area contributed by atoms with Gasteiger partial charge in [0.25, 0.3) is 0 Å². The fourth-order valence-electron chi connectivity index (χ4n) is 5.19. The summed E-state index contributed by atoms with van der Waals surface area (Å²) < 4.78 is 33.8. The second kappa shape index (κ2) is 14.5. The van der Waals surface area contributed by atoms with Gasteiger partial charge in [-0.15, -0.1) is 0 Å². The van der Waals surface area contributed by atoms with Crippen LogP contribution in [0.4, 0.5) is 22.7 Å². The molecule has 3 aromatic carbocycles. The first kappa shape index (κ1) is 37.3. The van der Waals surface area contributed by atoms with Crippen LogP contribution in [-0.2, 0) is 34.0 Å². The maximum absolute atomic E-state index is 11.6. The molecule has 24 nitrogen and oxygen atoms in total. The number of nitro benzene ring substituents is 4. The summed E-state index contributed by atoms with van der Waals surface area (Å²) in [5.41, 5.74) is -3.74. The number of hydrogen-bond donors (Lipinski definition) is 2. The zero-order valence-corrected chi connectivity index (χ0v) is 26.8. The first-order chi connectivity index (χ1) is 24.5. The number of benzene rings is 3. The summed E-state index contributed by atoms with van der Waals surface area (Å²) in [5, 5.41) is 62.5. The molecule has 3 aliphatic heterocycles. The van der Waals surface area contributed by atoms with Crippen molar-refractivity contribution in [2.45, 2.75) is 19.8 Å². The Hall–Kier alpha value is -7.53. The van der Waals surface area contributed by atoms with Crippen LogP contribution in [0.3, 0.4) is 0 Å². The van der Waals surface area contributed by atoms with Crippen LogP contribution in [0.15, 0.2) is 12.1 Å². The van der Waals surface area contributed by atoms with Crippen LogP contribution in [0.5, 0.6) is 34.5 Å². The first-order valence-electron chi connectivity index (χ1n) is 13.8. The standard InChI is InChI=1S/C10H8N2O8.C10H10O4.C8H4N2O8/c1-18-8-6(11(14)15)4-3-20-10(13)5(4)7(12(16)17)9(8)19-2;1-12-8-3-6-5-14-10(11)7(6)4-9(8)13-2;11-6-4(9(14)15)2-1-18-8(13)3(2)5(7(6)12)10(16)17/h3H2,1-2H3;3-4H,5H2,1-2H3;11-12H,1H2. The number of methoxy groups -OCH3 is 4. The van der Waals surface area contributed by atoms with E-state index in [9.17, 15) is 65.1 Å². The molecule has 6 rings (SSSR count). The van der Waals surface area contributed by atoms with Gasteiger partial charge in [0.05, 0.1) is 64.8 Å². The van der Waals surface area contributed by atoms with E-state index in [1.165, 1.54) is 7.11 Å². The van der Waals surface area contributed by atoms with E-state index in [1.54, 1.807) is 19.2 Å². The second-order valence-corrected chi connectivity index (χ2v) is 9.99. The summed E-state index contributed by atoms with van der Waals surface area (Å²) in [6, 6.07) is 3.41. The number of carbonyl (C=O) groups excluding carboxylic acids is 3. The maximum atomic E-state index is 11.6. The van der Waals surface area contributed by atoms with E-state index in [2.05, 4.69) is 9.47 Å². The van der Waals surface area contributed by atoms with Crippen molar-refractivity contribution in [2.24, 2.45) is 0 Å². The molecule has 0 aromatic heterocycles. The molecule has 3 aliphatic rings. The predicted molar refractivity (Wildman–Crippen MR) is 163 cm³/mol. The number of phenols is 2. The molecular formula is C28H22N4O20. The lowest BCUT2D eigenvalue weighted by Crippen LogP contribution is -2.08. The molecule has 3 heterocycles. The Bertz CT molecular complexity index is 2090. The number of rotatable bonds is 8. The van der Waals surface area contributed by atoms with Gasteiger partial charge >= 0.3 is 40.7 Å². The van der Waals surface area contributed by atoms with Crippen LogP contribution in [0.1, 0.15) is 47.8 Å². The minimum atomic E-state index is -1.33. The van der Waals surface area contributed by atoms with Crippen LogP contribution in [0.25, 0.3) is 0 Å². The van der Waals surface area contributed by atoms with Gasteiger partial charge in [-0.2, -0.15) is 0 Å². The van der Waals surface area contributed by atoms with E-state index >= 15 is 0 Å². The number of esters is 3. The third kappa shape index (κ3) is 6.32. The van der Waals surface area contributed by atoms with E-state index in [0.29, 0.717) is 23.7 Å². The van der Waals surface area contributed by atoms with Crippen molar-refractivity contribution in [3.8, 4) is 34.5 Å². The average Bonchev–Trinajstić information content (AvgIpc) is 3.79. The normalized spacial score (nSPS) is 13.0. The van der Waals surface area contributed by atoms with Gasteiger partial charge in [0.1, 0.15) is 19.8 Å². The van der Waals surface area contributed by atoms with E-state index in [1.807, 2.05) is 0 Å². The second-order valence-electron chi connectivity index (χ2n) is 9.99. The fraction of sp³-hybridized carbons (Fsp3) is 0.250. The minimum absolute atomic E-state index is 0.190. The lowest BCUT2D eigenvalue weighted by molar-refractivity contribution is -0.391. The van der Waals surface area contributed by atoms with Gasteiger partial charge in [0.15, 0.2) is 22.6 Å². The molecule has 0 saturated carbocycles. The molecule has 0 amide bonds. The highest BCUT2D eigenvalue weighted by Crippen LogP contribution is 2.51. The van der Waals surface area contributed by atoms with Crippen LogP contribution in [0, 0.1) is 40.5 Å². The van der Waals surface area contributed by atoms with Gasteiger partial charge in [-0.05, 0) is 12.1 Å². The van der Waals surface area contributed by atoms with Gasteiger partial charge in [-0.1, -0.05) is 0 Å². The van der Waals surface area contributed by atoms with Gasteiger partial charge in [-0.3, -0.25) is 40.5 Å². The Labute approximate surface area is 287 Å². The first-order valence-corrected chi connectivity index (χ1v) is 13.8. The molecule has 0 aliphatic carbocycles. The molecule has 0 unspecified atom stereocenters. The van der Waals surface area contributed by atoms with Gasteiger partial charge < -0.3 is 43.4 Å². The summed E-state index contributed by atoms with van der Waals surface area (Å²) in [4.78, 5) is 73.9. The number of ether oxygens (including phenoxy) is 7. The fourth-order valence-corrected chi connectivity index (χ4v) is 5.19. The summed E-state index contributed by atoms with van der Waals surface area (Å²) in [6.07, 6.45) is 0. The number of phenolic OH excluding ortho intramolecular Hbond substituents is 2. The van der Waals surface area contributed by atoms with Crippen LogP contribution >= 0.6 is 0 Å². The molecule has 3 aromatic rings. The summed E-state index contributed by atoms with van der Waals surface area (Å²) in [6.45, 7) is -0.681. The van der Waals surface area contributed by atoms with E-state index in [0.717, 1.165) is 19.8 Å². The van der Waals surface area contributed by atoms with Crippen molar-refractivity contribution >= 4 is 40.7 Å². The van der Waals surface area contributed by atoms with Gasteiger partial charge in [0.2, 0.25) is 23.0 Å². The number of cyclic esters (lactones) is 3.